The molecule has 0 atom stereocenters. The van der Waals surface area contributed by atoms with Crippen molar-refractivity contribution in [3.63, 3.8) is 0 Å². The molecule has 0 saturated heterocycles. The van der Waals surface area contributed by atoms with Gasteiger partial charge in [0.25, 0.3) is 5.56 Å². The van der Waals surface area contributed by atoms with E-state index in [2.05, 4.69) is 9.72 Å². The predicted molar refractivity (Wildman–Crippen MR) is 48.2 cm³/mol. The van der Waals surface area contributed by atoms with Gasteiger partial charge in [-0.2, -0.15) is 13.2 Å². The van der Waals surface area contributed by atoms with Gasteiger partial charge in [-0.1, -0.05) is 0 Å². The molecule has 1 rings (SSSR count). The molecule has 0 aliphatic rings. The van der Waals surface area contributed by atoms with E-state index >= 15 is 0 Å². The first-order valence-corrected chi connectivity index (χ1v) is 4.33. The Morgan fingerprint density at radius 1 is 1.38 bits per heavy atom. The number of H-pyrrole nitrogens is 1. The molecule has 0 unspecified atom stereocenters. The summed E-state index contributed by atoms with van der Waals surface area (Å²) in [6, 6.07) is 1.10. The zero-order valence-corrected chi connectivity index (χ0v) is 8.08. The number of aromatic amines is 1. The van der Waals surface area contributed by atoms with Crippen molar-refractivity contribution in [1.82, 2.24) is 9.55 Å². The summed E-state index contributed by atoms with van der Waals surface area (Å²) in [5, 5.41) is 0. The van der Waals surface area contributed by atoms with Gasteiger partial charge in [0.2, 0.25) is 0 Å². The number of aromatic nitrogens is 2. The molecule has 0 aliphatic carbocycles. The fraction of sp³-hybridized carbons (Fsp3) is 0.500. The lowest BCUT2D eigenvalue weighted by Crippen LogP contribution is -2.35. The molecule has 0 bridgehead atoms. The number of nitrogens with one attached hydrogen (secondary N) is 1. The van der Waals surface area contributed by atoms with Crippen LogP contribution in [-0.4, -0.2) is 28.9 Å². The lowest BCUT2D eigenvalue weighted by Gasteiger charge is -2.07. The van der Waals surface area contributed by atoms with E-state index in [0.29, 0.717) is 0 Å². The van der Waals surface area contributed by atoms with Crippen LogP contribution < -0.4 is 11.2 Å². The average molecular weight is 238 g/mol. The van der Waals surface area contributed by atoms with E-state index in [9.17, 15) is 22.8 Å². The largest absolute Gasteiger partial charge is 0.411 e. The van der Waals surface area contributed by atoms with Gasteiger partial charge in [-0.15, -0.1) is 0 Å². The highest BCUT2D eigenvalue weighted by Crippen LogP contribution is 2.13. The van der Waals surface area contributed by atoms with Crippen LogP contribution in [0.3, 0.4) is 0 Å². The van der Waals surface area contributed by atoms with E-state index in [1.54, 1.807) is 0 Å². The van der Waals surface area contributed by atoms with Gasteiger partial charge in [0, 0.05) is 12.3 Å². The number of alkyl halides is 3. The summed E-state index contributed by atoms with van der Waals surface area (Å²) in [7, 11) is 0. The van der Waals surface area contributed by atoms with E-state index in [4.69, 9.17) is 0 Å². The summed E-state index contributed by atoms with van der Waals surface area (Å²) < 4.78 is 40.1. The van der Waals surface area contributed by atoms with Crippen LogP contribution in [0.25, 0.3) is 0 Å². The SMILES string of the molecule is O=c1cc[nH]c(=O)n1CCOCC(F)(F)F. The van der Waals surface area contributed by atoms with Crippen molar-refractivity contribution >= 4 is 0 Å². The van der Waals surface area contributed by atoms with Crippen molar-refractivity contribution in [3.05, 3.63) is 33.1 Å². The molecule has 1 heterocycles. The molecule has 1 aromatic rings. The molecule has 0 radical (unpaired) electrons. The van der Waals surface area contributed by atoms with E-state index < -0.39 is 24.0 Å². The lowest BCUT2D eigenvalue weighted by molar-refractivity contribution is -0.174. The van der Waals surface area contributed by atoms with E-state index in [1.807, 2.05) is 0 Å². The summed E-state index contributed by atoms with van der Waals surface area (Å²) >= 11 is 0. The van der Waals surface area contributed by atoms with Crippen LogP contribution in [0.1, 0.15) is 0 Å². The normalized spacial score (nSPS) is 11.7. The third-order valence-corrected chi connectivity index (χ3v) is 1.67. The summed E-state index contributed by atoms with van der Waals surface area (Å²) in [6.07, 6.45) is -3.24. The molecular weight excluding hydrogens is 229 g/mol. The minimum Gasteiger partial charge on any atom is -0.370 e. The van der Waals surface area contributed by atoms with Gasteiger partial charge in [0.05, 0.1) is 13.2 Å². The summed E-state index contributed by atoms with van der Waals surface area (Å²) in [6.45, 7) is -1.97. The Kier molecular flexibility index (Phi) is 3.88. The second-order valence-corrected chi connectivity index (χ2v) is 2.94. The van der Waals surface area contributed by atoms with Crippen LogP contribution in [0, 0.1) is 0 Å². The van der Waals surface area contributed by atoms with E-state index in [1.165, 1.54) is 0 Å². The van der Waals surface area contributed by atoms with Crippen LogP contribution in [0.15, 0.2) is 21.9 Å². The van der Waals surface area contributed by atoms with Crippen molar-refractivity contribution in [2.75, 3.05) is 13.2 Å². The van der Waals surface area contributed by atoms with Gasteiger partial charge >= 0.3 is 11.9 Å². The van der Waals surface area contributed by atoms with E-state index in [-0.39, 0.29) is 13.2 Å². The smallest absolute Gasteiger partial charge is 0.370 e. The number of ether oxygens (including phenoxy) is 1. The van der Waals surface area contributed by atoms with Crippen LogP contribution in [0.4, 0.5) is 13.2 Å². The molecule has 0 spiro atoms. The molecule has 8 heteroatoms. The third-order valence-electron chi connectivity index (χ3n) is 1.67. The monoisotopic (exact) mass is 238 g/mol. The highest BCUT2D eigenvalue weighted by Gasteiger charge is 2.27. The highest BCUT2D eigenvalue weighted by atomic mass is 19.4. The van der Waals surface area contributed by atoms with Gasteiger partial charge in [-0.05, 0) is 0 Å². The molecule has 1 N–H and O–H groups in total. The number of halogens is 3. The minimum atomic E-state index is -4.41. The zero-order chi connectivity index (χ0) is 12.2. The first-order valence-electron chi connectivity index (χ1n) is 4.33. The van der Waals surface area contributed by atoms with E-state index in [0.717, 1.165) is 16.8 Å². The molecule has 90 valence electrons. The molecular formula is C8H9F3N2O3. The fourth-order valence-electron chi connectivity index (χ4n) is 1.01. The van der Waals surface area contributed by atoms with Gasteiger partial charge in [0.15, 0.2) is 0 Å². The summed E-state index contributed by atoms with van der Waals surface area (Å²) in [5.41, 5.74) is -1.26. The van der Waals surface area contributed by atoms with Crippen LogP contribution >= 0.6 is 0 Å². The maximum Gasteiger partial charge on any atom is 0.411 e. The Hall–Kier alpha value is -1.57. The molecule has 5 nitrogen and oxygen atoms in total. The Morgan fingerprint density at radius 3 is 2.62 bits per heavy atom. The maximum atomic E-state index is 11.7. The molecule has 0 saturated carbocycles. The molecule has 0 aromatic carbocycles. The van der Waals surface area contributed by atoms with Crippen molar-refractivity contribution in [2.24, 2.45) is 0 Å². The van der Waals surface area contributed by atoms with Crippen molar-refractivity contribution in [3.8, 4) is 0 Å². The topological polar surface area (TPSA) is 64.1 Å². The second kappa shape index (κ2) is 4.97. The fourth-order valence-corrected chi connectivity index (χ4v) is 1.01. The lowest BCUT2D eigenvalue weighted by atomic mass is 10.6. The Balaban J connectivity index is 2.50. The second-order valence-electron chi connectivity index (χ2n) is 2.94. The average Bonchev–Trinajstić information content (AvgIpc) is 2.14. The zero-order valence-electron chi connectivity index (χ0n) is 8.08. The molecule has 0 aliphatic heterocycles. The quantitative estimate of drug-likeness (QED) is 0.757. The molecule has 0 amide bonds. The Bertz CT molecular complexity index is 421. The van der Waals surface area contributed by atoms with Crippen LogP contribution in [0.5, 0.6) is 0 Å². The molecule has 1 aromatic heterocycles. The maximum absolute atomic E-state index is 11.7. The first-order chi connectivity index (χ1) is 7.40. The third kappa shape index (κ3) is 3.89. The van der Waals surface area contributed by atoms with Crippen molar-refractivity contribution < 1.29 is 17.9 Å². The summed E-state index contributed by atoms with van der Waals surface area (Å²) in [5.74, 6) is 0. The van der Waals surface area contributed by atoms with Crippen molar-refractivity contribution in [2.45, 2.75) is 12.7 Å². The van der Waals surface area contributed by atoms with Gasteiger partial charge in [0.1, 0.15) is 6.61 Å². The number of rotatable bonds is 4. The summed E-state index contributed by atoms with van der Waals surface area (Å²) in [4.78, 5) is 24.4. The predicted octanol–water partition coefficient (Wildman–Crippen LogP) is 0.115. The van der Waals surface area contributed by atoms with Crippen LogP contribution in [-0.2, 0) is 11.3 Å². The standard InChI is InChI=1S/C8H9F3N2O3/c9-8(10,11)5-16-4-3-13-6(14)1-2-12-7(13)15/h1-2H,3-5H2,(H,12,15). The molecule has 16 heavy (non-hydrogen) atoms. The highest BCUT2D eigenvalue weighted by molar-refractivity contribution is 4.82. The van der Waals surface area contributed by atoms with Gasteiger partial charge in [-0.25, -0.2) is 4.79 Å². The van der Waals surface area contributed by atoms with Crippen molar-refractivity contribution in [1.29, 1.82) is 0 Å². The number of hydrogen-bond acceptors (Lipinski definition) is 3. The Labute approximate surface area is 87.5 Å². The molecule has 0 fully saturated rings. The number of hydrogen-bond donors (Lipinski definition) is 1. The number of nitrogens with zero attached hydrogens (tertiary/aromatic N) is 1. The minimum absolute atomic E-state index is 0.217. The first kappa shape index (κ1) is 12.5. The van der Waals surface area contributed by atoms with Gasteiger partial charge in [-0.3, -0.25) is 9.36 Å². The Morgan fingerprint density at radius 2 is 2.06 bits per heavy atom. The van der Waals surface area contributed by atoms with Crippen LogP contribution in [0.2, 0.25) is 0 Å². The van der Waals surface area contributed by atoms with Gasteiger partial charge < -0.3 is 9.72 Å².